The Bertz CT molecular complexity index is 1810. The Morgan fingerprint density at radius 3 is 2.46 bits per heavy atom. The average Bonchev–Trinajstić information content (AvgIpc) is 3.27. The summed E-state index contributed by atoms with van der Waals surface area (Å²) < 4.78 is 22.2. The molecule has 5 rings (SSSR count). The van der Waals surface area contributed by atoms with Crippen molar-refractivity contribution < 1.29 is 13.9 Å². The van der Waals surface area contributed by atoms with E-state index in [2.05, 4.69) is 0 Å². The molecule has 41 heavy (non-hydrogen) atoms. The van der Waals surface area contributed by atoms with Gasteiger partial charge in [0.15, 0.2) is 4.80 Å². The first-order valence-corrected chi connectivity index (χ1v) is 14.5. The molecule has 0 fully saturated rings. The van der Waals surface area contributed by atoms with Gasteiger partial charge in [-0.2, -0.15) is 0 Å². The Balaban J connectivity index is 1.61. The number of hydrogen-bond donors (Lipinski definition) is 0. The molecule has 4 aromatic rings. The number of nitrogens with zero attached hydrogens (tertiary/aromatic N) is 3. The van der Waals surface area contributed by atoms with Gasteiger partial charge in [0.2, 0.25) is 0 Å². The van der Waals surface area contributed by atoms with E-state index in [1.54, 1.807) is 51.9 Å². The van der Waals surface area contributed by atoms with Gasteiger partial charge in [-0.3, -0.25) is 14.2 Å². The zero-order valence-corrected chi connectivity index (χ0v) is 24.5. The molecule has 0 spiro atoms. The molecule has 1 aromatic heterocycles. The lowest BCUT2D eigenvalue weighted by atomic mass is 9.94. The molecule has 1 aliphatic rings. The first kappa shape index (κ1) is 28.5. The zero-order valence-electron chi connectivity index (χ0n) is 22.9. The molecule has 0 aliphatic carbocycles. The number of fused-ring (bicyclic) bond motifs is 1. The summed E-state index contributed by atoms with van der Waals surface area (Å²) >= 11 is 7.43. The Labute approximate surface area is 246 Å². The maximum atomic E-state index is 14.2. The number of halogens is 2. The van der Waals surface area contributed by atoms with E-state index >= 15 is 0 Å². The van der Waals surface area contributed by atoms with Crippen LogP contribution in [0.15, 0.2) is 93.9 Å². The Morgan fingerprint density at radius 1 is 1.07 bits per heavy atom. The lowest BCUT2D eigenvalue weighted by Crippen LogP contribution is -2.43. The normalized spacial score (nSPS) is 15.0. The lowest BCUT2D eigenvalue weighted by Gasteiger charge is -2.29. The highest BCUT2D eigenvalue weighted by Crippen LogP contribution is 2.32. The van der Waals surface area contributed by atoms with Gasteiger partial charge in [-0.15, -0.1) is 0 Å². The molecule has 0 unspecified atom stereocenters. The quantitative estimate of drug-likeness (QED) is 0.274. The minimum absolute atomic E-state index is 0.0470. The highest BCUT2D eigenvalue weighted by atomic mass is 35.5. The van der Waals surface area contributed by atoms with Gasteiger partial charge in [-0.05, 0) is 56.7 Å². The fourth-order valence-electron chi connectivity index (χ4n) is 4.88. The van der Waals surface area contributed by atoms with Gasteiger partial charge < -0.3 is 9.64 Å². The molecule has 0 saturated heterocycles. The van der Waals surface area contributed by atoms with Crippen molar-refractivity contribution >= 4 is 34.9 Å². The maximum Gasteiger partial charge on any atom is 0.271 e. The van der Waals surface area contributed by atoms with Gasteiger partial charge in [-0.25, -0.2) is 9.38 Å². The number of likely N-dealkylation sites (N-methyl/N-ethyl adjacent to an activating group) is 1. The average molecular weight is 590 g/mol. The van der Waals surface area contributed by atoms with Crippen LogP contribution in [-0.2, 0) is 11.4 Å². The third-order valence-corrected chi connectivity index (χ3v) is 8.27. The van der Waals surface area contributed by atoms with Crippen LogP contribution in [-0.4, -0.2) is 28.5 Å². The number of hydrogen-bond acceptors (Lipinski definition) is 5. The number of amides is 1. The molecule has 1 atom stereocenters. The van der Waals surface area contributed by atoms with E-state index in [1.165, 1.54) is 17.4 Å². The molecular formula is C32H29ClFN3O3S. The summed E-state index contributed by atoms with van der Waals surface area (Å²) in [5.74, 6) is 0.0210. The predicted molar refractivity (Wildman–Crippen MR) is 160 cm³/mol. The summed E-state index contributed by atoms with van der Waals surface area (Å²) in [5.41, 5.74) is 2.64. The van der Waals surface area contributed by atoms with Gasteiger partial charge in [0, 0.05) is 29.2 Å². The van der Waals surface area contributed by atoms with Crippen LogP contribution in [0.1, 0.15) is 43.5 Å². The number of allylic oxidation sites excluding steroid dienone is 1. The largest absolute Gasteiger partial charge is 0.488 e. The molecule has 2 heterocycles. The molecule has 0 radical (unpaired) electrons. The molecule has 0 bridgehead atoms. The second-order valence-corrected chi connectivity index (χ2v) is 11.0. The number of para-hydroxylation sites is 1. The zero-order chi connectivity index (χ0) is 29.1. The predicted octanol–water partition coefficient (Wildman–Crippen LogP) is 5.48. The minimum atomic E-state index is -0.661. The molecule has 210 valence electrons. The summed E-state index contributed by atoms with van der Waals surface area (Å²) in [6, 6.07) is 20.3. The third kappa shape index (κ3) is 5.76. The summed E-state index contributed by atoms with van der Waals surface area (Å²) in [6.07, 6.45) is 1.75. The summed E-state index contributed by atoms with van der Waals surface area (Å²) in [4.78, 5) is 34.7. The van der Waals surface area contributed by atoms with Crippen LogP contribution in [0.2, 0.25) is 5.02 Å². The van der Waals surface area contributed by atoms with Crippen molar-refractivity contribution in [3.05, 3.63) is 131 Å². The number of benzene rings is 3. The molecule has 1 aliphatic heterocycles. The van der Waals surface area contributed by atoms with Crippen LogP contribution in [0.3, 0.4) is 0 Å². The molecule has 1 amide bonds. The van der Waals surface area contributed by atoms with Gasteiger partial charge >= 0.3 is 0 Å². The van der Waals surface area contributed by atoms with Gasteiger partial charge in [0.1, 0.15) is 18.2 Å². The molecular weight excluding hydrogens is 561 g/mol. The monoisotopic (exact) mass is 589 g/mol. The molecule has 0 saturated carbocycles. The van der Waals surface area contributed by atoms with E-state index in [1.807, 2.05) is 51.1 Å². The van der Waals surface area contributed by atoms with E-state index < -0.39 is 6.04 Å². The fraction of sp³-hybridized carbons (Fsp3) is 0.219. The SMILES string of the molecule is CCN(CC)C(=O)C1=C(C)N=c2s/c(=C/c3ccccc3OCc3ccccc3F)c(=O)n2[C@@H]1c1ccc(Cl)cc1. The molecule has 3 aromatic carbocycles. The second-order valence-electron chi connectivity index (χ2n) is 9.53. The smallest absolute Gasteiger partial charge is 0.271 e. The van der Waals surface area contributed by atoms with Crippen LogP contribution in [0, 0.1) is 5.82 Å². The topological polar surface area (TPSA) is 63.9 Å². The Kier molecular flexibility index (Phi) is 8.52. The molecule has 9 heteroatoms. The van der Waals surface area contributed by atoms with E-state index in [0.717, 1.165) is 5.56 Å². The van der Waals surface area contributed by atoms with E-state index in [-0.39, 0.29) is 23.9 Å². The number of carbonyl (C=O) groups excluding carboxylic acids is 1. The Hall–Kier alpha value is -4.01. The number of rotatable bonds is 8. The first-order chi connectivity index (χ1) is 19.8. The minimum Gasteiger partial charge on any atom is -0.488 e. The number of thiazole rings is 1. The van der Waals surface area contributed by atoms with E-state index in [4.69, 9.17) is 21.3 Å². The molecule has 0 N–H and O–H groups in total. The van der Waals surface area contributed by atoms with Crippen molar-refractivity contribution in [2.75, 3.05) is 13.1 Å². The summed E-state index contributed by atoms with van der Waals surface area (Å²) in [7, 11) is 0. The first-order valence-electron chi connectivity index (χ1n) is 13.3. The van der Waals surface area contributed by atoms with Crippen molar-refractivity contribution in [2.24, 2.45) is 4.99 Å². The summed E-state index contributed by atoms with van der Waals surface area (Å²) in [5, 5.41) is 0.561. The highest BCUT2D eigenvalue weighted by molar-refractivity contribution is 7.07. The van der Waals surface area contributed by atoms with E-state index in [9.17, 15) is 14.0 Å². The highest BCUT2D eigenvalue weighted by Gasteiger charge is 2.34. The van der Waals surface area contributed by atoms with Crippen molar-refractivity contribution in [2.45, 2.75) is 33.4 Å². The Morgan fingerprint density at radius 2 is 1.76 bits per heavy atom. The summed E-state index contributed by atoms with van der Waals surface area (Å²) in [6.45, 7) is 6.78. The number of aromatic nitrogens is 1. The fourth-order valence-corrected chi connectivity index (χ4v) is 6.04. The van der Waals surface area contributed by atoms with Crippen molar-refractivity contribution in [1.29, 1.82) is 0 Å². The van der Waals surface area contributed by atoms with Crippen LogP contribution in [0.4, 0.5) is 4.39 Å². The molecule has 6 nitrogen and oxygen atoms in total. The standard InChI is InChI=1S/C32H29ClFN3O3S/c1-4-36(5-2)31(39)28-20(3)35-32-37(29(28)21-14-16-24(33)17-15-21)30(38)27(41-32)18-22-10-7-9-13-26(22)40-19-23-11-6-8-12-25(23)34/h6-18,29H,4-5,19H2,1-3H3/b27-18+/t29-/m1/s1. The van der Waals surface area contributed by atoms with Crippen molar-refractivity contribution in [3.63, 3.8) is 0 Å². The van der Waals surface area contributed by atoms with Crippen LogP contribution in [0.5, 0.6) is 5.75 Å². The number of ether oxygens (including phenoxy) is 1. The van der Waals surface area contributed by atoms with Gasteiger partial charge in [0.25, 0.3) is 11.5 Å². The van der Waals surface area contributed by atoms with Gasteiger partial charge in [0.05, 0.1) is 21.8 Å². The van der Waals surface area contributed by atoms with Crippen LogP contribution in [0.25, 0.3) is 6.08 Å². The van der Waals surface area contributed by atoms with Crippen molar-refractivity contribution in [3.8, 4) is 5.75 Å². The van der Waals surface area contributed by atoms with Crippen LogP contribution < -0.4 is 19.6 Å². The maximum absolute atomic E-state index is 14.2. The lowest BCUT2D eigenvalue weighted by molar-refractivity contribution is -0.127. The van der Waals surface area contributed by atoms with Crippen molar-refractivity contribution in [1.82, 2.24) is 9.47 Å². The number of carbonyl (C=O) groups is 1. The van der Waals surface area contributed by atoms with Gasteiger partial charge in [-0.1, -0.05) is 71.5 Å². The van der Waals surface area contributed by atoms with Crippen LogP contribution >= 0.6 is 22.9 Å². The second kappa shape index (κ2) is 12.2. The van der Waals surface area contributed by atoms with E-state index in [0.29, 0.717) is 55.6 Å². The third-order valence-electron chi connectivity index (χ3n) is 7.04.